The number of carbonyl (C=O) groups is 2. The third-order valence-corrected chi connectivity index (χ3v) is 5.19. The predicted molar refractivity (Wildman–Crippen MR) is 72.5 cm³/mol. The summed E-state index contributed by atoms with van der Waals surface area (Å²) < 4.78 is 1.44. The SMILES string of the molecule is Cn1cc(C(=O)NNC(=O)[C@@H]2C[C@H]3C=C[C@@H]2C32CC2)nn1. The van der Waals surface area contributed by atoms with Crippen LogP contribution in [0.1, 0.15) is 29.8 Å². The van der Waals surface area contributed by atoms with Crippen molar-refractivity contribution in [3.8, 4) is 0 Å². The maximum absolute atomic E-state index is 12.3. The molecule has 0 aromatic carbocycles. The normalized spacial score (nSPS) is 30.6. The van der Waals surface area contributed by atoms with Crippen LogP contribution in [-0.4, -0.2) is 26.8 Å². The third kappa shape index (κ3) is 1.80. The fourth-order valence-corrected chi connectivity index (χ4v) is 4.00. The summed E-state index contributed by atoms with van der Waals surface area (Å²) in [5.74, 6) is 0.321. The van der Waals surface area contributed by atoms with Gasteiger partial charge in [0.2, 0.25) is 5.91 Å². The molecule has 2 N–H and O–H groups in total. The van der Waals surface area contributed by atoms with Crippen LogP contribution in [0.25, 0.3) is 0 Å². The van der Waals surface area contributed by atoms with Gasteiger partial charge in [-0.2, -0.15) is 0 Å². The Kier molecular flexibility index (Phi) is 2.49. The van der Waals surface area contributed by atoms with Crippen LogP contribution in [0.3, 0.4) is 0 Å². The number of rotatable bonds is 2. The number of nitrogens with zero attached hydrogens (tertiary/aromatic N) is 3. The zero-order valence-corrected chi connectivity index (χ0v) is 11.7. The topological polar surface area (TPSA) is 88.9 Å². The minimum absolute atomic E-state index is 0.0235. The van der Waals surface area contributed by atoms with Gasteiger partial charge in [-0.15, -0.1) is 5.10 Å². The van der Waals surface area contributed by atoms with Crippen LogP contribution < -0.4 is 10.9 Å². The predicted octanol–water partition coefficient (Wildman–Crippen LogP) is 0.178. The lowest BCUT2D eigenvalue weighted by atomic mass is 9.88. The molecular formula is C14H17N5O2. The summed E-state index contributed by atoms with van der Waals surface area (Å²) >= 11 is 0. The monoisotopic (exact) mass is 287 g/mol. The summed E-state index contributed by atoms with van der Waals surface area (Å²) in [5.41, 5.74) is 5.51. The fourth-order valence-electron chi connectivity index (χ4n) is 4.00. The Hall–Kier alpha value is -2.18. The molecule has 1 aromatic rings. The van der Waals surface area contributed by atoms with E-state index in [0.717, 1.165) is 6.42 Å². The Bertz CT molecular complexity index is 646. The molecule has 1 heterocycles. The molecule has 0 aliphatic heterocycles. The van der Waals surface area contributed by atoms with E-state index in [4.69, 9.17) is 0 Å². The molecule has 2 amide bonds. The molecule has 0 saturated heterocycles. The van der Waals surface area contributed by atoms with E-state index in [1.54, 1.807) is 7.05 Å². The standard InChI is InChI=1S/C14H17N5O2/c1-19-7-11(15-18-19)13(21)17-16-12(20)9-6-8-2-3-10(9)14(8)4-5-14/h2-3,7-10H,4-6H2,1H3,(H,16,20)(H,17,21)/t8-,9-,10+/m1/s1. The van der Waals surface area contributed by atoms with Crippen LogP contribution in [0.15, 0.2) is 18.3 Å². The minimum atomic E-state index is -0.448. The summed E-state index contributed by atoms with van der Waals surface area (Å²) in [6, 6.07) is 0. The number of nitrogens with one attached hydrogen (secondary N) is 2. The van der Waals surface area contributed by atoms with Crippen molar-refractivity contribution in [3.63, 3.8) is 0 Å². The van der Waals surface area contributed by atoms with Crippen LogP contribution >= 0.6 is 0 Å². The molecule has 1 aromatic heterocycles. The van der Waals surface area contributed by atoms with Gasteiger partial charge in [0.1, 0.15) is 0 Å². The van der Waals surface area contributed by atoms with Gasteiger partial charge in [-0.1, -0.05) is 17.4 Å². The second-order valence-electron chi connectivity index (χ2n) is 6.31. The molecular weight excluding hydrogens is 270 g/mol. The van der Waals surface area contributed by atoms with E-state index < -0.39 is 5.91 Å². The molecule has 0 unspecified atom stereocenters. The highest BCUT2D eigenvalue weighted by Gasteiger charge is 2.64. The molecule has 3 aliphatic carbocycles. The highest BCUT2D eigenvalue weighted by Crippen LogP contribution is 2.70. The average molecular weight is 287 g/mol. The van der Waals surface area contributed by atoms with E-state index in [0.29, 0.717) is 17.3 Å². The number of hydrogen-bond donors (Lipinski definition) is 2. The molecule has 3 atom stereocenters. The van der Waals surface area contributed by atoms with Gasteiger partial charge in [0.05, 0.1) is 6.20 Å². The van der Waals surface area contributed by atoms with E-state index in [1.807, 2.05) is 0 Å². The van der Waals surface area contributed by atoms with Crippen molar-refractivity contribution in [1.82, 2.24) is 25.8 Å². The van der Waals surface area contributed by atoms with Crippen molar-refractivity contribution < 1.29 is 9.59 Å². The Morgan fingerprint density at radius 1 is 1.33 bits per heavy atom. The van der Waals surface area contributed by atoms with Gasteiger partial charge in [0.25, 0.3) is 5.91 Å². The van der Waals surface area contributed by atoms with Gasteiger partial charge in [-0.3, -0.25) is 25.1 Å². The van der Waals surface area contributed by atoms with Crippen molar-refractivity contribution in [3.05, 3.63) is 24.0 Å². The lowest BCUT2D eigenvalue weighted by Crippen LogP contribution is -2.45. The fraction of sp³-hybridized carbons (Fsp3) is 0.571. The lowest BCUT2D eigenvalue weighted by Gasteiger charge is -2.19. The second kappa shape index (κ2) is 4.16. The number of allylic oxidation sites excluding steroid dienone is 2. The Morgan fingerprint density at radius 3 is 2.76 bits per heavy atom. The maximum atomic E-state index is 12.3. The highest BCUT2D eigenvalue weighted by molar-refractivity contribution is 5.93. The number of hydrogen-bond acceptors (Lipinski definition) is 4. The molecule has 2 saturated carbocycles. The molecule has 2 fully saturated rings. The quantitative estimate of drug-likeness (QED) is 0.600. The minimum Gasteiger partial charge on any atom is -0.273 e. The first-order valence-electron chi connectivity index (χ1n) is 7.25. The van der Waals surface area contributed by atoms with E-state index in [2.05, 4.69) is 33.3 Å². The average Bonchev–Trinajstić information content (AvgIpc) is 2.94. The Morgan fingerprint density at radius 2 is 2.14 bits per heavy atom. The molecule has 3 aliphatic rings. The molecule has 1 spiro atoms. The summed E-state index contributed by atoms with van der Waals surface area (Å²) in [4.78, 5) is 24.1. The van der Waals surface area contributed by atoms with Crippen molar-refractivity contribution in [2.75, 3.05) is 0 Å². The first-order chi connectivity index (χ1) is 10.1. The number of carbonyl (C=O) groups excluding carboxylic acids is 2. The smallest absolute Gasteiger partial charge is 0.273 e. The van der Waals surface area contributed by atoms with Gasteiger partial charge >= 0.3 is 0 Å². The van der Waals surface area contributed by atoms with Crippen LogP contribution in [0.2, 0.25) is 0 Å². The molecule has 110 valence electrons. The molecule has 7 nitrogen and oxygen atoms in total. The Labute approximate surface area is 121 Å². The molecule has 21 heavy (non-hydrogen) atoms. The van der Waals surface area contributed by atoms with Crippen molar-refractivity contribution in [1.29, 1.82) is 0 Å². The van der Waals surface area contributed by atoms with Gasteiger partial charge in [0.15, 0.2) is 5.69 Å². The lowest BCUT2D eigenvalue weighted by molar-refractivity contribution is -0.126. The summed E-state index contributed by atoms with van der Waals surface area (Å²) in [7, 11) is 1.68. The number of hydrazine groups is 1. The van der Waals surface area contributed by atoms with Crippen LogP contribution in [0.4, 0.5) is 0 Å². The van der Waals surface area contributed by atoms with Crippen LogP contribution in [0.5, 0.6) is 0 Å². The molecule has 0 radical (unpaired) electrons. The first kappa shape index (κ1) is 12.6. The summed E-state index contributed by atoms with van der Waals surface area (Å²) in [5, 5.41) is 7.39. The first-order valence-corrected chi connectivity index (χ1v) is 7.25. The van der Waals surface area contributed by atoms with Crippen LogP contribution in [0, 0.1) is 23.2 Å². The van der Waals surface area contributed by atoms with Crippen molar-refractivity contribution >= 4 is 11.8 Å². The van der Waals surface area contributed by atoms with Crippen molar-refractivity contribution in [2.45, 2.75) is 19.3 Å². The number of aromatic nitrogens is 3. The summed E-state index contributed by atoms with van der Waals surface area (Å²) in [6.45, 7) is 0. The zero-order valence-electron chi connectivity index (χ0n) is 11.7. The zero-order chi connectivity index (χ0) is 14.6. The Balaban J connectivity index is 1.37. The van der Waals surface area contributed by atoms with Gasteiger partial charge in [0, 0.05) is 13.0 Å². The molecule has 2 bridgehead atoms. The summed E-state index contributed by atoms with van der Waals surface area (Å²) in [6.07, 6.45) is 9.31. The van der Waals surface area contributed by atoms with E-state index >= 15 is 0 Å². The second-order valence-corrected chi connectivity index (χ2v) is 6.31. The molecule has 7 heteroatoms. The highest BCUT2D eigenvalue weighted by atomic mass is 16.2. The van der Waals surface area contributed by atoms with Gasteiger partial charge in [-0.25, -0.2) is 0 Å². The third-order valence-electron chi connectivity index (χ3n) is 5.19. The number of amides is 2. The molecule has 4 rings (SSSR count). The maximum Gasteiger partial charge on any atom is 0.291 e. The van der Waals surface area contributed by atoms with Crippen molar-refractivity contribution in [2.24, 2.45) is 30.2 Å². The number of aryl methyl sites for hydroxylation is 1. The van der Waals surface area contributed by atoms with E-state index in [-0.39, 0.29) is 17.5 Å². The van der Waals surface area contributed by atoms with Crippen LogP contribution in [-0.2, 0) is 11.8 Å². The van der Waals surface area contributed by atoms with E-state index in [9.17, 15) is 9.59 Å². The van der Waals surface area contributed by atoms with Gasteiger partial charge in [-0.05, 0) is 36.5 Å². The van der Waals surface area contributed by atoms with E-state index in [1.165, 1.54) is 23.7 Å². The largest absolute Gasteiger partial charge is 0.291 e. The van der Waals surface area contributed by atoms with Gasteiger partial charge < -0.3 is 0 Å².